The topological polar surface area (TPSA) is 81.3 Å². The van der Waals surface area contributed by atoms with Gasteiger partial charge in [0.25, 0.3) is 0 Å². The fraction of sp³-hybridized carbons (Fsp3) is 0.267. The zero-order valence-electron chi connectivity index (χ0n) is 11.9. The van der Waals surface area contributed by atoms with Crippen LogP contribution in [0.3, 0.4) is 0 Å². The number of rotatable bonds is 2. The molecule has 6 nitrogen and oxygen atoms in total. The van der Waals surface area contributed by atoms with Crippen LogP contribution in [-0.4, -0.2) is 29.2 Å². The number of hydrogen-bond acceptors (Lipinski definition) is 5. The van der Waals surface area contributed by atoms with Crippen LogP contribution in [0.1, 0.15) is 22.7 Å². The number of ether oxygens (including phenoxy) is 2. The van der Waals surface area contributed by atoms with E-state index in [0.717, 1.165) is 11.3 Å². The number of carbonyl (C=O) groups is 2. The number of esters is 2. The van der Waals surface area contributed by atoms with Gasteiger partial charge in [0.2, 0.25) is 5.88 Å². The molecule has 2 atom stereocenters. The van der Waals surface area contributed by atoms with Crippen molar-refractivity contribution in [2.24, 2.45) is 5.92 Å². The Balaban J connectivity index is 2.18. The fourth-order valence-corrected chi connectivity index (χ4v) is 2.84. The average Bonchev–Trinajstić information content (AvgIpc) is 2.87. The second-order valence-electron chi connectivity index (χ2n) is 5.02. The summed E-state index contributed by atoms with van der Waals surface area (Å²) in [6.45, 7) is 1.81. The van der Waals surface area contributed by atoms with Crippen LogP contribution in [0.2, 0.25) is 5.02 Å². The van der Waals surface area contributed by atoms with Crippen LogP contribution in [0.4, 0.5) is 0 Å². The maximum Gasteiger partial charge on any atom is 0.328 e. The van der Waals surface area contributed by atoms with Crippen molar-refractivity contribution in [3.05, 3.63) is 46.1 Å². The molecule has 0 fully saturated rings. The highest BCUT2D eigenvalue weighted by Gasteiger charge is 2.46. The Bertz CT molecular complexity index is 739. The van der Waals surface area contributed by atoms with Gasteiger partial charge in [0.15, 0.2) is 5.92 Å². The number of H-pyrrole nitrogens is 1. The second kappa shape index (κ2) is 5.46. The van der Waals surface area contributed by atoms with Gasteiger partial charge in [-0.15, -0.1) is 5.10 Å². The predicted octanol–water partition coefficient (Wildman–Crippen LogP) is 2.21. The van der Waals surface area contributed by atoms with Crippen molar-refractivity contribution >= 4 is 23.5 Å². The van der Waals surface area contributed by atoms with Gasteiger partial charge in [0.05, 0.1) is 7.11 Å². The number of aromatic nitrogens is 2. The number of benzene rings is 1. The molecule has 1 aliphatic heterocycles. The average molecular weight is 321 g/mol. The molecule has 2 unspecified atom stereocenters. The van der Waals surface area contributed by atoms with E-state index in [9.17, 15) is 9.59 Å². The summed E-state index contributed by atoms with van der Waals surface area (Å²) in [4.78, 5) is 24.3. The van der Waals surface area contributed by atoms with Crippen LogP contribution in [0.15, 0.2) is 24.3 Å². The molecule has 0 spiro atoms. The van der Waals surface area contributed by atoms with Gasteiger partial charge in [-0.25, -0.2) is 0 Å². The van der Waals surface area contributed by atoms with E-state index in [-0.39, 0.29) is 5.88 Å². The van der Waals surface area contributed by atoms with E-state index in [1.165, 1.54) is 7.11 Å². The normalized spacial score (nSPS) is 20.2. The largest absolute Gasteiger partial charge is 0.468 e. The van der Waals surface area contributed by atoms with Crippen LogP contribution in [-0.2, 0) is 14.3 Å². The highest BCUT2D eigenvalue weighted by atomic mass is 35.5. The van der Waals surface area contributed by atoms with Gasteiger partial charge in [-0.05, 0) is 24.6 Å². The van der Waals surface area contributed by atoms with Crippen molar-refractivity contribution in [1.82, 2.24) is 10.2 Å². The van der Waals surface area contributed by atoms with Gasteiger partial charge in [-0.2, -0.15) is 0 Å². The Morgan fingerprint density at radius 3 is 2.68 bits per heavy atom. The molecule has 7 heteroatoms. The molecule has 0 bridgehead atoms. The maximum absolute atomic E-state index is 12.2. The van der Waals surface area contributed by atoms with E-state index in [4.69, 9.17) is 21.1 Å². The standard InChI is InChI=1S/C15H13ClN2O4/c1-7-10-11(8-3-5-9(16)6-4-8)12(14(19)21-2)15(20)22-13(10)18-17-7/h3-6,11-12H,1-2H3,(H,17,18). The first kappa shape index (κ1) is 14.6. The molecule has 0 saturated carbocycles. The van der Waals surface area contributed by atoms with E-state index in [0.29, 0.717) is 10.6 Å². The SMILES string of the molecule is COC(=O)C1C(=O)Oc2n[nH]c(C)c2C1c1ccc(Cl)cc1. The van der Waals surface area contributed by atoms with E-state index < -0.39 is 23.8 Å². The van der Waals surface area contributed by atoms with Crippen LogP contribution in [0.25, 0.3) is 0 Å². The lowest BCUT2D eigenvalue weighted by atomic mass is 9.79. The van der Waals surface area contributed by atoms with Gasteiger partial charge in [-0.3, -0.25) is 14.7 Å². The van der Waals surface area contributed by atoms with Crippen LogP contribution in [0.5, 0.6) is 5.88 Å². The van der Waals surface area contributed by atoms with Crippen LogP contribution >= 0.6 is 11.6 Å². The summed E-state index contributed by atoms with van der Waals surface area (Å²) >= 11 is 5.91. The zero-order valence-corrected chi connectivity index (χ0v) is 12.7. The molecule has 0 saturated heterocycles. The molecule has 3 rings (SSSR count). The van der Waals surface area contributed by atoms with Crippen molar-refractivity contribution in [1.29, 1.82) is 0 Å². The monoisotopic (exact) mass is 320 g/mol. The van der Waals surface area contributed by atoms with Crippen molar-refractivity contribution in [2.75, 3.05) is 7.11 Å². The minimum absolute atomic E-state index is 0.197. The number of aromatic amines is 1. The molecule has 0 radical (unpaired) electrons. The van der Waals surface area contributed by atoms with E-state index in [1.807, 2.05) is 6.92 Å². The molecular formula is C15H13ClN2O4. The number of fused-ring (bicyclic) bond motifs is 1. The number of methoxy groups -OCH3 is 1. The quantitative estimate of drug-likeness (QED) is 0.677. The van der Waals surface area contributed by atoms with Gasteiger partial charge in [0, 0.05) is 22.2 Å². The van der Waals surface area contributed by atoms with Gasteiger partial charge < -0.3 is 9.47 Å². The maximum atomic E-state index is 12.2. The summed E-state index contributed by atoms with van der Waals surface area (Å²) in [5.74, 6) is -2.72. The van der Waals surface area contributed by atoms with Crippen molar-refractivity contribution in [3.8, 4) is 5.88 Å². The lowest BCUT2D eigenvalue weighted by Gasteiger charge is -2.28. The lowest BCUT2D eigenvalue weighted by molar-refractivity contribution is -0.157. The molecule has 114 valence electrons. The van der Waals surface area contributed by atoms with E-state index in [1.54, 1.807) is 24.3 Å². The first-order valence-corrected chi connectivity index (χ1v) is 7.00. The minimum Gasteiger partial charge on any atom is -0.468 e. The summed E-state index contributed by atoms with van der Waals surface area (Å²) in [7, 11) is 1.24. The van der Waals surface area contributed by atoms with Crippen LogP contribution < -0.4 is 4.74 Å². The molecule has 1 aromatic heterocycles. The van der Waals surface area contributed by atoms with Gasteiger partial charge in [0.1, 0.15) is 0 Å². The predicted molar refractivity (Wildman–Crippen MR) is 77.8 cm³/mol. The van der Waals surface area contributed by atoms with Crippen molar-refractivity contribution in [3.63, 3.8) is 0 Å². The molecule has 22 heavy (non-hydrogen) atoms. The molecule has 1 aromatic carbocycles. The molecule has 2 aromatic rings. The van der Waals surface area contributed by atoms with E-state index >= 15 is 0 Å². The van der Waals surface area contributed by atoms with E-state index in [2.05, 4.69) is 10.2 Å². The van der Waals surface area contributed by atoms with Gasteiger partial charge in [-0.1, -0.05) is 23.7 Å². The third-order valence-electron chi connectivity index (χ3n) is 3.74. The number of nitrogens with one attached hydrogen (secondary N) is 1. The first-order chi connectivity index (χ1) is 10.5. The Labute approximate surface area is 131 Å². The number of carbonyl (C=O) groups excluding carboxylic acids is 2. The second-order valence-corrected chi connectivity index (χ2v) is 5.46. The first-order valence-electron chi connectivity index (χ1n) is 6.62. The highest BCUT2D eigenvalue weighted by Crippen LogP contribution is 2.43. The summed E-state index contributed by atoms with van der Waals surface area (Å²) in [5.41, 5.74) is 2.18. The van der Waals surface area contributed by atoms with Crippen molar-refractivity contribution in [2.45, 2.75) is 12.8 Å². The Kier molecular flexibility index (Phi) is 3.62. The highest BCUT2D eigenvalue weighted by molar-refractivity contribution is 6.30. The number of aryl methyl sites for hydroxylation is 1. The summed E-state index contributed by atoms with van der Waals surface area (Å²) < 4.78 is 9.93. The van der Waals surface area contributed by atoms with Crippen LogP contribution in [0, 0.1) is 12.8 Å². The molecular weight excluding hydrogens is 308 g/mol. The third kappa shape index (κ3) is 2.25. The number of nitrogens with zero attached hydrogens (tertiary/aromatic N) is 1. The Morgan fingerprint density at radius 2 is 2.05 bits per heavy atom. The molecule has 1 N–H and O–H groups in total. The number of halogens is 1. The number of hydrogen-bond donors (Lipinski definition) is 1. The molecule has 2 heterocycles. The Morgan fingerprint density at radius 1 is 1.36 bits per heavy atom. The minimum atomic E-state index is -1.07. The summed E-state index contributed by atoms with van der Waals surface area (Å²) in [6.07, 6.45) is 0. The summed E-state index contributed by atoms with van der Waals surface area (Å²) in [6, 6.07) is 6.97. The Hall–Kier alpha value is -2.34. The smallest absolute Gasteiger partial charge is 0.328 e. The third-order valence-corrected chi connectivity index (χ3v) is 3.99. The lowest BCUT2D eigenvalue weighted by Crippen LogP contribution is -2.38. The molecule has 1 aliphatic rings. The molecule has 0 amide bonds. The van der Waals surface area contributed by atoms with Gasteiger partial charge >= 0.3 is 11.9 Å². The molecule has 0 aliphatic carbocycles. The van der Waals surface area contributed by atoms with Crippen molar-refractivity contribution < 1.29 is 19.1 Å². The zero-order chi connectivity index (χ0) is 15.9. The summed E-state index contributed by atoms with van der Waals surface area (Å²) in [5, 5.41) is 7.33. The fourth-order valence-electron chi connectivity index (χ4n) is 2.71.